The largest absolute Gasteiger partial charge is 0.399 e. The maximum absolute atomic E-state index is 12.7. The standard InChI is InChI=1S/C14H22N2O3S/c1-3-16(9-12-4-5-19-10-12)20(17,18)14-7-11(2)6-13(15)8-14/h6-8,12H,3-5,9-10,15H2,1-2H3. The van der Waals surface area contributed by atoms with Crippen LogP contribution in [0.25, 0.3) is 0 Å². The number of anilines is 1. The summed E-state index contributed by atoms with van der Waals surface area (Å²) in [7, 11) is -3.49. The van der Waals surface area contributed by atoms with Gasteiger partial charge in [-0.1, -0.05) is 6.92 Å². The summed E-state index contributed by atoms with van der Waals surface area (Å²) in [4.78, 5) is 0.274. The summed E-state index contributed by atoms with van der Waals surface area (Å²) in [5, 5.41) is 0. The molecule has 2 N–H and O–H groups in total. The lowest BCUT2D eigenvalue weighted by molar-refractivity contribution is 0.181. The lowest BCUT2D eigenvalue weighted by atomic mass is 10.1. The fourth-order valence-electron chi connectivity index (χ4n) is 2.49. The van der Waals surface area contributed by atoms with Gasteiger partial charge in [-0.05, 0) is 43.0 Å². The van der Waals surface area contributed by atoms with Crippen molar-refractivity contribution >= 4 is 15.7 Å². The van der Waals surface area contributed by atoms with E-state index in [-0.39, 0.29) is 10.8 Å². The van der Waals surface area contributed by atoms with Crippen LogP contribution in [0.4, 0.5) is 5.69 Å². The number of hydrogen-bond donors (Lipinski definition) is 1. The van der Waals surface area contributed by atoms with Gasteiger partial charge in [0.25, 0.3) is 0 Å². The van der Waals surface area contributed by atoms with Crippen LogP contribution in [-0.4, -0.2) is 39.0 Å². The smallest absolute Gasteiger partial charge is 0.243 e. The minimum Gasteiger partial charge on any atom is -0.399 e. The molecule has 0 amide bonds. The molecule has 5 nitrogen and oxygen atoms in total. The molecule has 2 rings (SSSR count). The van der Waals surface area contributed by atoms with E-state index in [1.165, 1.54) is 10.4 Å². The monoisotopic (exact) mass is 298 g/mol. The second-order valence-electron chi connectivity index (χ2n) is 5.26. The molecular formula is C14H22N2O3S. The van der Waals surface area contributed by atoms with Crippen molar-refractivity contribution in [1.29, 1.82) is 0 Å². The van der Waals surface area contributed by atoms with Crippen LogP contribution in [0.15, 0.2) is 23.1 Å². The highest BCUT2D eigenvalue weighted by atomic mass is 32.2. The van der Waals surface area contributed by atoms with Gasteiger partial charge in [0.05, 0.1) is 11.5 Å². The molecule has 1 aliphatic rings. The third-order valence-corrected chi connectivity index (χ3v) is 5.47. The van der Waals surface area contributed by atoms with Crippen LogP contribution in [0.3, 0.4) is 0 Å². The summed E-state index contributed by atoms with van der Waals surface area (Å²) in [5.74, 6) is 0.284. The van der Waals surface area contributed by atoms with Crippen molar-refractivity contribution in [3.8, 4) is 0 Å². The zero-order chi connectivity index (χ0) is 14.8. The molecule has 112 valence electrons. The molecule has 0 saturated carbocycles. The van der Waals surface area contributed by atoms with Crippen LogP contribution in [-0.2, 0) is 14.8 Å². The van der Waals surface area contributed by atoms with Crippen molar-refractivity contribution in [3.05, 3.63) is 23.8 Å². The molecule has 1 fully saturated rings. The van der Waals surface area contributed by atoms with Crippen molar-refractivity contribution in [3.63, 3.8) is 0 Å². The fourth-order valence-corrected chi connectivity index (χ4v) is 4.15. The topological polar surface area (TPSA) is 72.6 Å². The number of nitrogen functional groups attached to an aromatic ring is 1. The maximum Gasteiger partial charge on any atom is 0.243 e. The van der Waals surface area contributed by atoms with E-state index in [1.54, 1.807) is 12.1 Å². The molecule has 0 radical (unpaired) electrons. The molecule has 1 unspecified atom stereocenters. The molecule has 0 spiro atoms. The van der Waals surface area contributed by atoms with E-state index < -0.39 is 10.0 Å². The number of aryl methyl sites for hydroxylation is 1. The Bertz CT molecular complexity index is 546. The quantitative estimate of drug-likeness (QED) is 0.839. The lowest BCUT2D eigenvalue weighted by Gasteiger charge is -2.23. The molecule has 1 aliphatic heterocycles. The van der Waals surface area contributed by atoms with Crippen LogP contribution in [0.2, 0.25) is 0 Å². The van der Waals surface area contributed by atoms with E-state index >= 15 is 0 Å². The first-order valence-corrected chi connectivity index (χ1v) is 8.32. The molecule has 1 saturated heterocycles. The van der Waals surface area contributed by atoms with Gasteiger partial charge in [0.1, 0.15) is 0 Å². The minimum absolute atomic E-state index is 0.274. The van der Waals surface area contributed by atoms with Crippen LogP contribution in [0.5, 0.6) is 0 Å². The Labute approximate surface area is 120 Å². The van der Waals surface area contributed by atoms with E-state index in [2.05, 4.69) is 0 Å². The SMILES string of the molecule is CCN(CC1CCOC1)S(=O)(=O)c1cc(C)cc(N)c1. The summed E-state index contributed by atoms with van der Waals surface area (Å²) in [5.41, 5.74) is 7.08. The zero-order valence-corrected chi connectivity index (χ0v) is 12.8. The molecule has 0 aliphatic carbocycles. The van der Waals surface area contributed by atoms with Gasteiger partial charge in [-0.15, -0.1) is 0 Å². The van der Waals surface area contributed by atoms with Crippen LogP contribution < -0.4 is 5.73 Å². The third-order valence-electron chi connectivity index (χ3n) is 3.55. The summed E-state index contributed by atoms with van der Waals surface area (Å²) in [6.45, 7) is 6.02. The van der Waals surface area contributed by atoms with Crippen molar-refractivity contribution in [2.24, 2.45) is 5.92 Å². The highest BCUT2D eigenvalue weighted by molar-refractivity contribution is 7.89. The maximum atomic E-state index is 12.7. The Morgan fingerprint density at radius 1 is 1.40 bits per heavy atom. The summed E-state index contributed by atoms with van der Waals surface area (Å²) in [6.07, 6.45) is 0.919. The van der Waals surface area contributed by atoms with E-state index in [4.69, 9.17) is 10.5 Å². The summed E-state index contributed by atoms with van der Waals surface area (Å²) < 4.78 is 32.2. The Kier molecular flexibility index (Phi) is 4.67. The van der Waals surface area contributed by atoms with Gasteiger partial charge in [-0.3, -0.25) is 0 Å². The van der Waals surface area contributed by atoms with Gasteiger partial charge in [-0.2, -0.15) is 4.31 Å². The van der Waals surface area contributed by atoms with Crippen molar-refractivity contribution in [2.75, 3.05) is 32.0 Å². The van der Waals surface area contributed by atoms with E-state index in [0.29, 0.717) is 25.4 Å². The summed E-state index contributed by atoms with van der Waals surface area (Å²) in [6, 6.07) is 4.95. The average Bonchev–Trinajstić information content (AvgIpc) is 2.87. The van der Waals surface area contributed by atoms with Gasteiger partial charge in [0.15, 0.2) is 0 Å². The van der Waals surface area contributed by atoms with Crippen LogP contribution in [0, 0.1) is 12.8 Å². The van der Waals surface area contributed by atoms with Crippen LogP contribution >= 0.6 is 0 Å². The number of nitrogens with zero attached hydrogens (tertiary/aromatic N) is 1. The zero-order valence-electron chi connectivity index (χ0n) is 12.0. The third kappa shape index (κ3) is 3.31. The van der Waals surface area contributed by atoms with Gasteiger partial charge in [0.2, 0.25) is 10.0 Å². The number of sulfonamides is 1. The Morgan fingerprint density at radius 2 is 2.15 bits per heavy atom. The molecule has 0 aromatic heterocycles. The molecule has 1 heterocycles. The molecule has 1 aromatic carbocycles. The molecule has 6 heteroatoms. The average molecular weight is 298 g/mol. The lowest BCUT2D eigenvalue weighted by Crippen LogP contribution is -2.35. The first kappa shape index (κ1) is 15.3. The Morgan fingerprint density at radius 3 is 2.70 bits per heavy atom. The highest BCUT2D eigenvalue weighted by Crippen LogP contribution is 2.23. The van der Waals surface area contributed by atoms with Gasteiger partial charge in [0, 0.05) is 25.4 Å². The van der Waals surface area contributed by atoms with Gasteiger partial charge < -0.3 is 10.5 Å². The van der Waals surface area contributed by atoms with E-state index in [0.717, 1.165) is 18.6 Å². The second-order valence-corrected chi connectivity index (χ2v) is 7.20. The number of hydrogen-bond acceptors (Lipinski definition) is 4. The number of benzene rings is 1. The molecule has 1 atom stereocenters. The van der Waals surface area contributed by atoms with E-state index in [9.17, 15) is 8.42 Å². The van der Waals surface area contributed by atoms with Gasteiger partial charge in [-0.25, -0.2) is 8.42 Å². The predicted molar refractivity (Wildman–Crippen MR) is 79.0 cm³/mol. The second kappa shape index (κ2) is 6.11. The first-order chi connectivity index (χ1) is 9.43. The molecule has 1 aromatic rings. The van der Waals surface area contributed by atoms with Crippen molar-refractivity contribution in [2.45, 2.75) is 25.2 Å². The van der Waals surface area contributed by atoms with Crippen LogP contribution in [0.1, 0.15) is 18.9 Å². The normalized spacial score (nSPS) is 19.6. The number of rotatable bonds is 5. The Balaban J connectivity index is 2.25. The molecular weight excluding hydrogens is 276 g/mol. The Hall–Kier alpha value is -1.11. The summed E-state index contributed by atoms with van der Waals surface area (Å²) >= 11 is 0. The fraction of sp³-hybridized carbons (Fsp3) is 0.571. The van der Waals surface area contributed by atoms with Crippen molar-refractivity contribution < 1.29 is 13.2 Å². The molecule has 20 heavy (non-hydrogen) atoms. The van der Waals surface area contributed by atoms with Gasteiger partial charge >= 0.3 is 0 Å². The predicted octanol–water partition coefficient (Wildman–Crippen LogP) is 1.62. The number of nitrogens with two attached hydrogens (primary N) is 1. The number of ether oxygens (including phenoxy) is 1. The highest BCUT2D eigenvalue weighted by Gasteiger charge is 2.28. The first-order valence-electron chi connectivity index (χ1n) is 6.88. The van der Waals surface area contributed by atoms with E-state index in [1.807, 2.05) is 13.8 Å². The minimum atomic E-state index is -3.49. The van der Waals surface area contributed by atoms with Crippen molar-refractivity contribution in [1.82, 2.24) is 4.31 Å². The molecule has 0 bridgehead atoms.